The fourth-order valence-corrected chi connectivity index (χ4v) is 4.32. The lowest BCUT2D eigenvalue weighted by Gasteiger charge is -2.09. The highest BCUT2D eigenvalue weighted by Gasteiger charge is 2.17. The van der Waals surface area contributed by atoms with E-state index in [1.807, 2.05) is 42.5 Å². The molecule has 0 aliphatic carbocycles. The molecule has 0 fully saturated rings. The molecule has 1 amide bonds. The number of carbonyl (C=O) groups is 1. The molecule has 0 atom stereocenters. The van der Waals surface area contributed by atoms with E-state index in [9.17, 15) is 4.79 Å². The van der Waals surface area contributed by atoms with Gasteiger partial charge in [-0.1, -0.05) is 42.3 Å². The number of carbonyl (C=O) groups excluding carboxylic acids is 1. The van der Waals surface area contributed by atoms with Crippen molar-refractivity contribution in [2.45, 2.75) is 45.1 Å². The van der Waals surface area contributed by atoms with Gasteiger partial charge in [-0.3, -0.25) is 4.79 Å². The largest absolute Gasteiger partial charge is 0.441 e. The highest BCUT2D eigenvalue weighted by Crippen LogP contribution is 2.28. The molecule has 0 spiro atoms. The minimum Gasteiger partial charge on any atom is -0.441 e. The van der Waals surface area contributed by atoms with Gasteiger partial charge < -0.3 is 14.3 Å². The SMILES string of the molecule is O=C(CCc1ncc(-c2ccccc2Cl)o1)Nc1cccc(-c2nnc3n2CCCCC3)c1. The molecule has 0 radical (unpaired) electrons. The quantitative estimate of drug-likeness (QED) is 0.406. The Morgan fingerprint density at radius 1 is 1.09 bits per heavy atom. The minimum atomic E-state index is -0.107. The number of nitrogens with zero attached hydrogens (tertiary/aromatic N) is 4. The van der Waals surface area contributed by atoms with E-state index in [4.69, 9.17) is 16.0 Å². The van der Waals surface area contributed by atoms with Crippen molar-refractivity contribution in [3.05, 3.63) is 71.5 Å². The van der Waals surface area contributed by atoms with Crippen LogP contribution in [0.25, 0.3) is 22.7 Å². The third kappa shape index (κ3) is 4.83. The summed E-state index contributed by atoms with van der Waals surface area (Å²) in [5.41, 5.74) is 2.46. The van der Waals surface area contributed by atoms with Crippen LogP contribution < -0.4 is 5.32 Å². The first-order valence-corrected chi connectivity index (χ1v) is 11.6. The molecular formula is C25H24ClN5O2. The van der Waals surface area contributed by atoms with Gasteiger partial charge in [0.05, 0.1) is 11.2 Å². The van der Waals surface area contributed by atoms with E-state index >= 15 is 0 Å². The van der Waals surface area contributed by atoms with E-state index in [0.29, 0.717) is 23.1 Å². The van der Waals surface area contributed by atoms with Gasteiger partial charge in [0, 0.05) is 42.6 Å². The van der Waals surface area contributed by atoms with E-state index in [2.05, 4.69) is 25.1 Å². The summed E-state index contributed by atoms with van der Waals surface area (Å²) in [5.74, 6) is 2.88. The summed E-state index contributed by atoms with van der Waals surface area (Å²) in [4.78, 5) is 16.8. The molecule has 0 bridgehead atoms. The standard InChI is InChI=1S/C25H24ClN5O2/c26-20-10-4-3-9-19(20)21-16-27-24(33-21)13-12-23(32)28-18-8-6-7-17(15-18)25-30-29-22-11-2-1-5-14-31(22)25/h3-4,6-10,15-16H,1-2,5,11-14H2,(H,28,32). The molecule has 0 saturated heterocycles. The van der Waals surface area contributed by atoms with E-state index in [1.165, 1.54) is 6.42 Å². The number of nitrogens with one attached hydrogen (secondary N) is 1. The number of halogens is 1. The van der Waals surface area contributed by atoms with Crippen LogP contribution in [0.3, 0.4) is 0 Å². The van der Waals surface area contributed by atoms with E-state index in [1.54, 1.807) is 12.3 Å². The second kappa shape index (κ2) is 9.58. The van der Waals surface area contributed by atoms with Crippen molar-refractivity contribution in [3.8, 4) is 22.7 Å². The van der Waals surface area contributed by atoms with Gasteiger partial charge >= 0.3 is 0 Å². The molecule has 7 nitrogen and oxygen atoms in total. The van der Waals surface area contributed by atoms with Gasteiger partial charge in [0.15, 0.2) is 17.5 Å². The molecule has 5 rings (SSSR count). The smallest absolute Gasteiger partial charge is 0.224 e. The van der Waals surface area contributed by atoms with Crippen LogP contribution in [-0.2, 0) is 24.2 Å². The zero-order valence-electron chi connectivity index (χ0n) is 18.1. The Morgan fingerprint density at radius 3 is 2.91 bits per heavy atom. The van der Waals surface area contributed by atoms with Gasteiger partial charge in [-0.25, -0.2) is 4.98 Å². The van der Waals surface area contributed by atoms with Crippen molar-refractivity contribution in [2.24, 2.45) is 0 Å². The molecule has 1 aliphatic rings. The molecule has 2 aromatic carbocycles. The maximum absolute atomic E-state index is 12.6. The van der Waals surface area contributed by atoms with Crippen molar-refractivity contribution in [2.75, 3.05) is 5.32 Å². The van der Waals surface area contributed by atoms with Crippen LogP contribution in [0.4, 0.5) is 5.69 Å². The Bertz CT molecular complexity index is 1280. The van der Waals surface area contributed by atoms with E-state index in [0.717, 1.165) is 54.3 Å². The Balaban J connectivity index is 1.23. The summed E-state index contributed by atoms with van der Waals surface area (Å²) in [6.45, 7) is 0.931. The average molecular weight is 462 g/mol. The lowest BCUT2D eigenvalue weighted by Crippen LogP contribution is -2.12. The van der Waals surface area contributed by atoms with Crippen LogP contribution in [0, 0.1) is 0 Å². The molecule has 1 aliphatic heterocycles. The van der Waals surface area contributed by atoms with Crippen LogP contribution in [0.15, 0.2) is 59.1 Å². The molecule has 33 heavy (non-hydrogen) atoms. The number of aromatic nitrogens is 4. The van der Waals surface area contributed by atoms with E-state index in [-0.39, 0.29) is 12.3 Å². The fraction of sp³-hybridized carbons (Fsp3) is 0.280. The lowest BCUT2D eigenvalue weighted by molar-refractivity contribution is -0.116. The number of fused-ring (bicyclic) bond motifs is 1. The molecule has 3 heterocycles. The number of hydrogen-bond acceptors (Lipinski definition) is 5. The maximum Gasteiger partial charge on any atom is 0.224 e. The maximum atomic E-state index is 12.6. The first kappa shape index (κ1) is 21.4. The van der Waals surface area contributed by atoms with Crippen molar-refractivity contribution in [1.29, 1.82) is 0 Å². The number of aryl methyl sites for hydroxylation is 2. The van der Waals surface area contributed by atoms with Crippen molar-refractivity contribution in [1.82, 2.24) is 19.7 Å². The molecule has 2 aromatic heterocycles. The molecule has 0 unspecified atom stereocenters. The van der Waals surface area contributed by atoms with Gasteiger partial charge in [0.25, 0.3) is 0 Å². The van der Waals surface area contributed by atoms with Crippen LogP contribution in [0.5, 0.6) is 0 Å². The number of anilines is 1. The number of oxazole rings is 1. The van der Waals surface area contributed by atoms with Crippen LogP contribution in [0.2, 0.25) is 5.02 Å². The Hall–Kier alpha value is -3.45. The van der Waals surface area contributed by atoms with Crippen molar-refractivity contribution >= 4 is 23.2 Å². The summed E-state index contributed by atoms with van der Waals surface area (Å²) < 4.78 is 7.99. The molecule has 8 heteroatoms. The molecule has 0 saturated carbocycles. The van der Waals surface area contributed by atoms with Gasteiger partial charge in [0.2, 0.25) is 5.91 Å². The Morgan fingerprint density at radius 2 is 2.00 bits per heavy atom. The molecule has 168 valence electrons. The summed E-state index contributed by atoms with van der Waals surface area (Å²) in [6, 6.07) is 15.2. The third-order valence-electron chi connectivity index (χ3n) is 5.77. The van der Waals surface area contributed by atoms with Crippen LogP contribution >= 0.6 is 11.6 Å². The fourth-order valence-electron chi connectivity index (χ4n) is 4.09. The Labute approximate surface area is 196 Å². The summed E-state index contributed by atoms with van der Waals surface area (Å²) >= 11 is 6.22. The van der Waals surface area contributed by atoms with Crippen molar-refractivity contribution in [3.63, 3.8) is 0 Å². The van der Waals surface area contributed by atoms with Crippen molar-refractivity contribution < 1.29 is 9.21 Å². The predicted octanol–water partition coefficient (Wildman–Crippen LogP) is 5.55. The summed E-state index contributed by atoms with van der Waals surface area (Å²) in [6.07, 6.45) is 6.75. The van der Waals surface area contributed by atoms with Gasteiger partial charge in [0.1, 0.15) is 5.82 Å². The Kier molecular flexibility index (Phi) is 6.21. The van der Waals surface area contributed by atoms with Crippen LogP contribution in [0.1, 0.15) is 37.4 Å². The second-order valence-corrected chi connectivity index (χ2v) is 8.54. The zero-order chi connectivity index (χ0) is 22.6. The summed E-state index contributed by atoms with van der Waals surface area (Å²) in [7, 11) is 0. The van der Waals surface area contributed by atoms with E-state index < -0.39 is 0 Å². The monoisotopic (exact) mass is 461 g/mol. The third-order valence-corrected chi connectivity index (χ3v) is 6.10. The highest BCUT2D eigenvalue weighted by atomic mass is 35.5. The minimum absolute atomic E-state index is 0.107. The highest BCUT2D eigenvalue weighted by molar-refractivity contribution is 6.33. The number of hydrogen-bond donors (Lipinski definition) is 1. The predicted molar refractivity (Wildman–Crippen MR) is 127 cm³/mol. The zero-order valence-corrected chi connectivity index (χ0v) is 18.9. The second-order valence-electron chi connectivity index (χ2n) is 8.13. The van der Waals surface area contributed by atoms with Gasteiger partial charge in [-0.15, -0.1) is 10.2 Å². The average Bonchev–Trinajstić information content (AvgIpc) is 3.39. The van der Waals surface area contributed by atoms with Gasteiger partial charge in [-0.2, -0.15) is 0 Å². The molecular weight excluding hydrogens is 438 g/mol. The van der Waals surface area contributed by atoms with Crippen LogP contribution in [-0.4, -0.2) is 25.7 Å². The molecule has 1 N–H and O–H groups in total. The number of benzene rings is 2. The normalized spacial score (nSPS) is 13.4. The topological polar surface area (TPSA) is 85.8 Å². The molecule has 4 aromatic rings. The van der Waals surface area contributed by atoms with Gasteiger partial charge in [-0.05, 0) is 37.1 Å². The lowest BCUT2D eigenvalue weighted by atomic mass is 10.1. The number of amides is 1. The first-order valence-electron chi connectivity index (χ1n) is 11.2. The number of rotatable bonds is 6. The summed E-state index contributed by atoms with van der Waals surface area (Å²) in [5, 5.41) is 12.4. The first-order chi connectivity index (χ1) is 16.2.